The number of halogens is 1. The first-order chi connectivity index (χ1) is 8.91. The van der Waals surface area contributed by atoms with Crippen molar-refractivity contribution in [2.75, 3.05) is 13.1 Å². The number of hydrogen-bond acceptors (Lipinski definition) is 2. The molecule has 0 aliphatic heterocycles. The maximum absolute atomic E-state index is 12.4. The lowest BCUT2D eigenvalue weighted by Gasteiger charge is -2.24. The van der Waals surface area contributed by atoms with Crippen molar-refractivity contribution in [2.45, 2.75) is 40.5 Å². The Balaban J connectivity index is 2.71. The van der Waals surface area contributed by atoms with E-state index in [-0.39, 0.29) is 11.1 Å². The van der Waals surface area contributed by atoms with Crippen LogP contribution in [0.15, 0.2) is 16.7 Å². The highest BCUT2D eigenvalue weighted by Gasteiger charge is 2.20. The summed E-state index contributed by atoms with van der Waals surface area (Å²) in [4.78, 5) is 14.3. The molecule has 0 saturated carbocycles. The molecule has 1 aromatic heterocycles. The molecule has 0 radical (unpaired) electrons. The van der Waals surface area contributed by atoms with Gasteiger partial charge in [-0.25, -0.2) is 0 Å². The van der Waals surface area contributed by atoms with Gasteiger partial charge in [-0.1, -0.05) is 27.7 Å². The minimum absolute atomic E-state index is 0.0277. The maximum Gasteiger partial charge on any atom is 0.258 e. The summed E-state index contributed by atoms with van der Waals surface area (Å²) < 4.78 is 5.00. The van der Waals surface area contributed by atoms with Gasteiger partial charge in [-0.3, -0.25) is 4.79 Å². The highest BCUT2D eigenvalue weighted by molar-refractivity contribution is 6.32. The zero-order valence-corrected chi connectivity index (χ0v) is 13.0. The fourth-order valence-corrected chi connectivity index (χ4v) is 1.95. The minimum atomic E-state index is -0.0277. The molecule has 4 heteroatoms. The maximum atomic E-state index is 12.4. The number of furan rings is 1. The van der Waals surface area contributed by atoms with Gasteiger partial charge in [-0.2, -0.15) is 0 Å². The van der Waals surface area contributed by atoms with Gasteiger partial charge in [0.05, 0.1) is 11.8 Å². The van der Waals surface area contributed by atoms with Crippen LogP contribution in [0.3, 0.4) is 0 Å². The van der Waals surface area contributed by atoms with E-state index in [2.05, 4.69) is 27.7 Å². The highest BCUT2D eigenvalue weighted by atomic mass is 35.5. The Hall–Kier alpha value is -0.960. The van der Waals surface area contributed by atoms with Crippen molar-refractivity contribution in [3.63, 3.8) is 0 Å². The summed E-state index contributed by atoms with van der Waals surface area (Å²) in [6.07, 6.45) is 3.46. The summed E-state index contributed by atoms with van der Waals surface area (Å²) >= 11 is 5.89. The first kappa shape index (κ1) is 16.1. The van der Waals surface area contributed by atoms with Gasteiger partial charge < -0.3 is 9.32 Å². The van der Waals surface area contributed by atoms with E-state index in [1.54, 1.807) is 6.07 Å². The van der Waals surface area contributed by atoms with E-state index < -0.39 is 0 Å². The van der Waals surface area contributed by atoms with Crippen LogP contribution in [0.25, 0.3) is 0 Å². The van der Waals surface area contributed by atoms with Crippen LogP contribution in [0.1, 0.15) is 50.9 Å². The van der Waals surface area contributed by atoms with E-state index in [0.717, 1.165) is 25.9 Å². The number of carbonyl (C=O) groups excluding carboxylic acids is 1. The largest absolute Gasteiger partial charge is 0.452 e. The van der Waals surface area contributed by atoms with Crippen LogP contribution in [0, 0.1) is 11.8 Å². The van der Waals surface area contributed by atoms with E-state index in [4.69, 9.17) is 16.0 Å². The Kier molecular flexibility index (Phi) is 6.43. The van der Waals surface area contributed by atoms with E-state index in [9.17, 15) is 4.79 Å². The normalized spacial score (nSPS) is 11.3. The summed E-state index contributed by atoms with van der Waals surface area (Å²) in [5, 5.41) is 0.184. The van der Waals surface area contributed by atoms with Crippen molar-refractivity contribution in [3.8, 4) is 0 Å². The molecular formula is C15H24ClNO2. The molecule has 0 bridgehead atoms. The Morgan fingerprint density at radius 1 is 1.21 bits per heavy atom. The Morgan fingerprint density at radius 3 is 2.11 bits per heavy atom. The third-order valence-electron chi connectivity index (χ3n) is 3.09. The van der Waals surface area contributed by atoms with Crippen LogP contribution in [-0.2, 0) is 0 Å². The molecule has 0 fully saturated rings. The van der Waals surface area contributed by atoms with Crippen LogP contribution in [0.2, 0.25) is 5.22 Å². The number of hydrogen-bond donors (Lipinski definition) is 0. The first-order valence-electron chi connectivity index (χ1n) is 6.94. The molecule has 0 N–H and O–H groups in total. The van der Waals surface area contributed by atoms with Crippen molar-refractivity contribution in [1.82, 2.24) is 4.90 Å². The van der Waals surface area contributed by atoms with Crippen molar-refractivity contribution in [1.29, 1.82) is 0 Å². The van der Waals surface area contributed by atoms with Crippen LogP contribution >= 0.6 is 11.6 Å². The zero-order valence-electron chi connectivity index (χ0n) is 12.3. The fraction of sp³-hybridized carbons (Fsp3) is 0.667. The smallest absolute Gasteiger partial charge is 0.258 e. The molecule has 0 unspecified atom stereocenters. The predicted molar refractivity (Wildman–Crippen MR) is 78.5 cm³/mol. The molecule has 108 valence electrons. The van der Waals surface area contributed by atoms with Gasteiger partial charge in [-0.05, 0) is 42.3 Å². The summed E-state index contributed by atoms with van der Waals surface area (Å²) in [5.74, 6) is 1.13. The summed E-state index contributed by atoms with van der Waals surface area (Å²) in [5.41, 5.74) is 0.467. The third-order valence-corrected chi connectivity index (χ3v) is 3.38. The Morgan fingerprint density at radius 2 is 1.74 bits per heavy atom. The lowest BCUT2D eigenvalue weighted by Crippen LogP contribution is -2.34. The van der Waals surface area contributed by atoms with Gasteiger partial charge in [0.2, 0.25) is 5.22 Å². The molecule has 0 saturated heterocycles. The van der Waals surface area contributed by atoms with E-state index in [1.165, 1.54) is 6.26 Å². The Bertz CT molecular complexity index is 387. The number of amides is 1. The van der Waals surface area contributed by atoms with Crippen LogP contribution in [0.5, 0.6) is 0 Å². The highest BCUT2D eigenvalue weighted by Crippen LogP contribution is 2.20. The Labute approximate surface area is 120 Å². The average molecular weight is 286 g/mol. The standard InChI is InChI=1S/C15H24ClNO2/c1-11(2)5-8-17(9-6-12(3)4)15(18)13-7-10-19-14(13)16/h7,10-12H,5-6,8-9H2,1-4H3. The van der Waals surface area contributed by atoms with Crippen molar-refractivity contribution >= 4 is 17.5 Å². The number of nitrogens with zero attached hydrogens (tertiary/aromatic N) is 1. The average Bonchev–Trinajstić information content (AvgIpc) is 2.74. The number of rotatable bonds is 7. The van der Waals surface area contributed by atoms with Crippen molar-refractivity contribution in [3.05, 3.63) is 23.1 Å². The molecule has 0 aliphatic carbocycles. The first-order valence-corrected chi connectivity index (χ1v) is 7.31. The molecular weight excluding hydrogens is 262 g/mol. The fourth-order valence-electron chi connectivity index (χ4n) is 1.76. The molecule has 19 heavy (non-hydrogen) atoms. The molecule has 0 aliphatic rings. The van der Waals surface area contributed by atoms with Gasteiger partial charge in [-0.15, -0.1) is 0 Å². The summed E-state index contributed by atoms with van der Waals surface area (Å²) in [6, 6.07) is 1.64. The van der Waals surface area contributed by atoms with Crippen molar-refractivity contribution < 1.29 is 9.21 Å². The lowest BCUT2D eigenvalue weighted by atomic mass is 10.1. The molecule has 3 nitrogen and oxygen atoms in total. The molecule has 0 atom stereocenters. The van der Waals surface area contributed by atoms with Crippen LogP contribution < -0.4 is 0 Å². The summed E-state index contributed by atoms with van der Waals surface area (Å²) in [7, 11) is 0. The van der Waals surface area contributed by atoms with Gasteiger partial charge in [0.25, 0.3) is 5.91 Å². The quantitative estimate of drug-likeness (QED) is 0.741. The van der Waals surface area contributed by atoms with Crippen molar-refractivity contribution in [2.24, 2.45) is 11.8 Å². The van der Waals surface area contributed by atoms with E-state index in [1.807, 2.05) is 4.90 Å². The predicted octanol–water partition coefficient (Wildman–Crippen LogP) is 4.47. The minimum Gasteiger partial charge on any atom is -0.452 e. The van der Waals surface area contributed by atoms with E-state index >= 15 is 0 Å². The van der Waals surface area contributed by atoms with Gasteiger partial charge in [0.1, 0.15) is 0 Å². The molecule has 0 spiro atoms. The SMILES string of the molecule is CC(C)CCN(CCC(C)C)C(=O)c1ccoc1Cl. The van der Waals surface area contributed by atoms with Gasteiger partial charge in [0.15, 0.2) is 0 Å². The van der Waals surface area contributed by atoms with E-state index in [0.29, 0.717) is 17.4 Å². The molecule has 1 heterocycles. The lowest BCUT2D eigenvalue weighted by molar-refractivity contribution is 0.0740. The van der Waals surface area contributed by atoms with Gasteiger partial charge in [0, 0.05) is 13.1 Å². The molecule has 1 amide bonds. The third kappa shape index (κ3) is 5.27. The van der Waals surface area contributed by atoms with Crippen LogP contribution in [0.4, 0.5) is 0 Å². The second kappa shape index (κ2) is 7.59. The molecule has 0 aromatic carbocycles. The van der Waals surface area contributed by atoms with Gasteiger partial charge >= 0.3 is 0 Å². The summed E-state index contributed by atoms with van der Waals surface area (Å²) in [6.45, 7) is 10.2. The monoisotopic (exact) mass is 285 g/mol. The second-order valence-electron chi connectivity index (χ2n) is 5.77. The molecule has 1 rings (SSSR count). The van der Waals surface area contributed by atoms with Crippen LogP contribution in [-0.4, -0.2) is 23.9 Å². The topological polar surface area (TPSA) is 33.5 Å². The second-order valence-corrected chi connectivity index (χ2v) is 6.11. The molecule has 1 aromatic rings. The number of carbonyl (C=O) groups is 1. The zero-order chi connectivity index (χ0) is 14.4.